The summed E-state index contributed by atoms with van der Waals surface area (Å²) in [7, 11) is 0. The van der Waals surface area contributed by atoms with Crippen molar-refractivity contribution in [2.45, 2.75) is 25.9 Å². The number of aromatic nitrogens is 1. The lowest BCUT2D eigenvalue weighted by molar-refractivity contribution is 0.0920. The molecule has 3 aromatic rings. The van der Waals surface area contributed by atoms with E-state index in [1.165, 1.54) is 0 Å². The van der Waals surface area contributed by atoms with E-state index in [4.69, 9.17) is 28.2 Å². The van der Waals surface area contributed by atoms with Gasteiger partial charge in [0.25, 0.3) is 5.91 Å². The van der Waals surface area contributed by atoms with Gasteiger partial charge in [-0.2, -0.15) is 0 Å². The molecule has 0 aliphatic carbocycles. The van der Waals surface area contributed by atoms with Gasteiger partial charge in [-0.1, -0.05) is 54.4 Å². The molecule has 1 unspecified atom stereocenters. The Balaban J connectivity index is 1.82. The Morgan fingerprint density at radius 2 is 1.88 bits per heavy atom. The average molecular weight is 467 g/mol. The van der Waals surface area contributed by atoms with Gasteiger partial charge in [-0.3, -0.25) is 14.8 Å². The highest BCUT2D eigenvalue weighted by Gasteiger charge is 2.37. The van der Waals surface area contributed by atoms with Gasteiger partial charge in [0.15, 0.2) is 5.66 Å². The van der Waals surface area contributed by atoms with Crippen LogP contribution in [0.25, 0.3) is 10.9 Å². The normalized spacial score (nSPS) is 17.6. The van der Waals surface area contributed by atoms with E-state index in [0.717, 1.165) is 47.1 Å². The fourth-order valence-corrected chi connectivity index (χ4v) is 4.50. The van der Waals surface area contributed by atoms with Gasteiger partial charge in [0.2, 0.25) is 0 Å². The number of fused-ring (bicyclic) bond motifs is 1. The Labute approximate surface area is 197 Å². The van der Waals surface area contributed by atoms with E-state index in [1.807, 2.05) is 43.5 Å². The van der Waals surface area contributed by atoms with Crippen LogP contribution in [0, 0.1) is 6.92 Å². The highest BCUT2D eigenvalue weighted by Crippen LogP contribution is 2.36. The summed E-state index contributed by atoms with van der Waals surface area (Å²) in [5.41, 5.74) is 2.84. The first-order chi connectivity index (χ1) is 15.4. The number of halogens is 2. The van der Waals surface area contributed by atoms with Crippen LogP contribution in [0.5, 0.6) is 0 Å². The van der Waals surface area contributed by atoms with Crippen LogP contribution in [0.15, 0.2) is 65.3 Å². The van der Waals surface area contributed by atoms with E-state index >= 15 is 0 Å². The SMILES string of the molecule is CCNCCC1=CC(NC(=O)c2c(Cl)cccc2Cl)(c2ccc(C)c3cccnc23)N=C1. The molecule has 2 aromatic carbocycles. The molecule has 0 saturated heterocycles. The molecule has 0 bridgehead atoms. The van der Waals surface area contributed by atoms with Crippen molar-refractivity contribution in [2.24, 2.45) is 4.99 Å². The number of carbonyl (C=O) groups is 1. The number of pyridine rings is 1. The molecule has 1 amide bonds. The second kappa shape index (κ2) is 9.41. The Kier molecular flexibility index (Phi) is 6.60. The predicted octanol–water partition coefficient (Wildman–Crippen LogP) is 5.44. The van der Waals surface area contributed by atoms with Crippen molar-refractivity contribution >= 4 is 46.2 Å². The van der Waals surface area contributed by atoms with Gasteiger partial charge in [0, 0.05) is 23.4 Å². The van der Waals surface area contributed by atoms with Crippen LogP contribution >= 0.6 is 23.2 Å². The lowest BCUT2D eigenvalue weighted by Gasteiger charge is -2.28. The molecule has 7 heteroatoms. The maximum Gasteiger partial charge on any atom is 0.256 e. The zero-order valence-electron chi connectivity index (χ0n) is 18.0. The Morgan fingerprint density at radius 3 is 2.62 bits per heavy atom. The molecule has 1 atom stereocenters. The molecule has 1 aliphatic rings. The van der Waals surface area contributed by atoms with Gasteiger partial charge in [-0.25, -0.2) is 0 Å². The van der Waals surface area contributed by atoms with Crippen molar-refractivity contribution < 1.29 is 4.79 Å². The number of rotatable bonds is 7. The first-order valence-electron chi connectivity index (χ1n) is 10.5. The number of aliphatic imine (C=N–C) groups is 1. The fraction of sp³-hybridized carbons (Fsp3) is 0.240. The molecule has 2 N–H and O–H groups in total. The standard InChI is InChI=1S/C25H24Cl2N4O/c1-3-28-13-11-17-14-25(30-15-17,31-24(32)22-20(26)7-4-8-21(22)27)19-10-9-16(2)18-6-5-12-29-23(18)19/h4-10,12,14-15,28H,3,11,13H2,1-2H3,(H,31,32). The van der Waals surface area contributed by atoms with Crippen LogP contribution in [-0.2, 0) is 5.66 Å². The molecule has 164 valence electrons. The van der Waals surface area contributed by atoms with Crippen molar-refractivity contribution in [3.63, 3.8) is 0 Å². The van der Waals surface area contributed by atoms with Crippen LogP contribution in [0.3, 0.4) is 0 Å². The molecule has 0 fully saturated rings. The van der Waals surface area contributed by atoms with Crippen molar-refractivity contribution in [1.82, 2.24) is 15.6 Å². The summed E-state index contributed by atoms with van der Waals surface area (Å²) in [5, 5.41) is 8.01. The summed E-state index contributed by atoms with van der Waals surface area (Å²) in [5.74, 6) is -0.397. The van der Waals surface area contributed by atoms with Crippen molar-refractivity contribution in [1.29, 1.82) is 0 Å². The molecular formula is C25H24Cl2N4O. The van der Waals surface area contributed by atoms with Crippen LogP contribution < -0.4 is 10.6 Å². The maximum absolute atomic E-state index is 13.4. The smallest absolute Gasteiger partial charge is 0.256 e. The molecule has 5 nitrogen and oxygen atoms in total. The number of hydrogen-bond acceptors (Lipinski definition) is 4. The minimum absolute atomic E-state index is 0.226. The minimum Gasteiger partial charge on any atom is -0.320 e. The van der Waals surface area contributed by atoms with Crippen molar-refractivity contribution in [3.8, 4) is 0 Å². The average Bonchev–Trinajstić information content (AvgIpc) is 3.17. The number of hydrogen-bond donors (Lipinski definition) is 2. The number of aryl methyl sites for hydroxylation is 1. The number of benzene rings is 2. The zero-order valence-corrected chi connectivity index (χ0v) is 19.5. The minimum atomic E-state index is -1.11. The molecule has 32 heavy (non-hydrogen) atoms. The van der Waals surface area contributed by atoms with Gasteiger partial charge < -0.3 is 10.6 Å². The third-order valence-corrected chi connectivity index (χ3v) is 6.19. The monoisotopic (exact) mass is 466 g/mol. The van der Waals surface area contributed by atoms with E-state index in [1.54, 1.807) is 24.4 Å². The molecule has 4 rings (SSSR count). The zero-order chi connectivity index (χ0) is 22.7. The van der Waals surface area contributed by atoms with Gasteiger partial charge in [0.1, 0.15) is 0 Å². The van der Waals surface area contributed by atoms with Gasteiger partial charge >= 0.3 is 0 Å². The number of nitrogens with one attached hydrogen (secondary N) is 2. The third kappa shape index (κ3) is 4.29. The second-order valence-corrected chi connectivity index (χ2v) is 8.54. The van der Waals surface area contributed by atoms with E-state index in [9.17, 15) is 4.79 Å². The number of carbonyl (C=O) groups excluding carboxylic acids is 1. The van der Waals surface area contributed by atoms with Crippen LogP contribution in [-0.4, -0.2) is 30.2 Å². The third-order valence-electron chi connectivity index (χ3n) is 5.56. The van der Waals surface area contributed by atoms with Crippen molar-refractivity contribution in [3.05, 3.63) is 87.0 Å². The summed E-state index contributed by atoms with van der Waals surface area (Å²) < 4.78 is 0. The molecule has 1 aromatic heterocycles. The maximum atomic E-state index is 13.4. The Hall–Kier alpha value is -2.73. The lowest BCUT2D eigenvalue weighted by atomic mass is 9.93. The Bertz CT molecular complexity index is 1220. The highest BCUT2D eigenvalue weighted by molar-refractivity contribution is 6.39. The molecule has 2 heterocycles. The lowest BCUT2D eigenvalue weighted by Crippen LogP contribution is -2.42. The van der Waals surface area contributed by atoms with Gasteiger partial charge in [-0.15, -0.1) is 0 Å². The van der Waals surface area contributed by atoms with Crippen LogP contribution in [0.1, 0.15) is 34.8 Å². The summed E-state index contributed by atoms with van der Waals surface area (Å²) in [4.78, 5) is 22.8. The van der Waals surface area contributed by atoms with Crippen molar-refractivity contribution in [2.75, 3.05) is 13.1 Å². The summed E-state index contributed by atoms with van der Waals surface area (Å²) in [6.45, 7) is 5.82. The molecule has 0 saturated carbocycles. The van der Waals surface area contributed by atoms with E-state index in [0.29, 0.717) is 0 Å². The molecular weight excluding hydrogens is 443 g/mol. The second-order valence-electron chi connectivity index (χ2n) is 7.73. The van der Waals surface area contributed by atoms with Crippen LogP contribution in [0.2, 0.25) is 10.0 Å². The largest absolute Gasteiger partial charge is 0.320 e. The summed E-state index contributed by atoms with van der Waals surface area (Å²) in [6, 6.07) is 12.9. The van der Waals surface area contributed by atoms with E-state index in [-0.39, 0.29) is 15.6 Å². The predicted molar refractivity (Wildman–Crippen MR) is 132 cm³/mol. The first-order valence-corrected chi connectivity index (χ1v) is 11.3. The summed E-state index contributed by atoms with van der Waals surface area (Å²) >= 11 is 12.6. The first kappa shape index (κ1) is 22.5. The van der Waals surface area contributed by atoms with E-state index < -0.39 is 11.6 Å². The number of nitrogens with zero attached hydrogens (tertiary/aromatic N) is 2. The molecule has 1 aliphatic heterocycles. The van der Waals surface area contributed by atoms with Crippen LogP contribution in [0.4, 0.5) is 0 Å². The molecule has 0 spiro atoms. The highest BCUT2D eigenvalue weighted by atomic mass is 35.5. The number of amides is 1. The van der Waals surface area contributed by atoms with Gasteiger partial charge in [0.05, 0.1) is 21.1 Å². The summed E-state index contributed by atoms with van der Waals surface area (Å²) in [6.07, 6.45) is 6.35. The molecule has 0 radical (unpaired) electrons. The topological polar surface area (TPSA) is 66.4 Å². The Morgan fingerprint density at radius 1 is 1.09 bits per heavy atom. The quantitative estimate of drug-likeness (QED) is 0.455. The van der Waals surface area contributed by atoms with E-state index in [2.05, 4.69) is 22.5 Å². The van der Waals surface area contributed by atoms with Gasteiger partial charge in [-0.05, 0) is 61.8 Å². The fourth-order valence-electron chi connectivity index (χ4n) is 3.93.